The quantitative estimate of drug-likeness (QED) is 0.724. The van der Waals surface area contributed by atoms with Gasteiger partial charge in [-0.2, -0.15) is 0 Å². The fourth-order valence-corrected chi connectivity index (χ4v) is 2.49. The van der Waals surface area contributed by atoms with E-state index < -0.39 is 0 Å². The van der Waals surface area contributed by atoms with Crippen LogP contribution in [-0.2, 0) is 0 Å². The standard InChI is InChI=1S/C14H14N2O/c1-2-10-5-6-13-12(8-10)14(17)16-7-3-4-11(16)9-15-13/h2,5-6,8-9,11H,1,3-4,7H2/t11-/m0/s1. The molecule has 1 saturated heterocycles. The van der Waals surface area contributed by atoms with Gasteiger partial charge < -0.3 is 4.90 Å². The summed E-state index contributed by atoms with van der Waals surface area (Å²) in [7, 11) is 0. The van der Waals surface area contributed by atoms with Crippen molar-refractivity contribution in [3.8, 4) is 0 Å². The van der Waals surface area contributed by atoms with E-state index in [4.69, 9.17) is 0 Å². The summed E-state index contributed by atoms with van der Waals surface area (Å²) in [5.41, 5.74) is 2.43. The molecule has 0 bridgehead atoms. The molecule has 0 radical (unpaired) electrons. The number of carbonyl (C=O) groups is 1. The Morgan fingerprint density at radius 3 is 3.18 bits per heavy atom. The first kappa shape index (κ1) is 10.3. The summed E-state index contributed by atoms with van der Waals surface area (Å²) in [6, 6.07) is 5.89. The van der Waals surface area contributed by atoms with Gasteiger partial charge in [-0.3, -0.25) is 9.79 Å². The van der Waals surface area contributed by atoms with Crippen LogP contribution < -0.4 is 0 Å². The minimum atomic E-state index is 0.101. The maximum absolute atomic E-state index is 12.4. The topological polar surface area (TPSA) is 32.7 Å². The summed E-state index contributed by atoms with van der Waals surface area (Å²) < 4.78 is 0. The second kappa shape index (κ2) is 3.84. The molecule has 0 N–H and O–H groups in total. The van der Waals surface area contributed by atoms with Crippen LogP contribution in [0.4, 0.5) is 5.69 Å². The third kappa shape index (κ3) is 1.58. The molecule has 0 saturated carbocycles. The summed E-state index contributed by atoms with van der Waals surface area (Å²) in [5.74, 6) is 0.101. The predicted molar refractivity (Wildman–Crippen MR) is 68.7 cm³/mol. The Balaban J connectivity index is 2.11. The van der Waals surface area contributed by atoms with E-state index in [1.54, 1.807) is 6.08 Å². The Labute approximate surface area is 100 Å². The van der Waals surface area contributed by atoms with Crippen molar-refractivity contribution in [2.75, 3.05) is 6.54 Å². The number of nitrogens with zero attached hydrogens (tertiary/aromatic N) is 2. The van der Waals surface area contributed by atoms with E-state index in [1.165, 1.54) is 0 Å². The molecule has 0 unspecified atom stereocenters. The molecule has 0 aliphatic carbocycles. The highest BCUT2D eigenvalue weighted by Crippen LogP contribution is 2.29. The van der Waals surface area contributed by atoms with Crippen LogP contribution in [0.3, 0.4) is 0 Å². The Morgan fingerprint density at radius 2 is 2.35 bits per heavy atom. The third-order valence-electron chi connectivity index (χ3n) is 3.43. The largest absolute Gasteiger partial charge is 0.331 e. The number of carbonyl (C=O) groups excluding carboxylic acids is 1. The van der Waals surface area contributed by atoms with Gasteiger partial charge in [-0.15, -0.1) is 0 Å². The van der Waals surface area contributed by atoms with Crippen LogP contribution in [0, 0.1) is 0 Å². The van der Waals surface area contributed by atoms with E-state index in [1.807, 2.05) is 29.3 Å². The molecular weight excluding hydrogens is 212 g/mol. The zero-order chi connectivity index (χ0) is 11.8. The number of benzene rings is 1. The van der Waals surface area contributed by atoms with Crippen molar-refractivity contribution in [3.63, 3.8) is 0 Å². The number of hydrogen-bond donors (Lipinski definition) is 0. The van der Waals surface area contributed by atoms with Gasteiger partial charge in [-0.1, -0.05) is 18.7 Å². The van der Waals surface area contributed by atoms with E-state index in [2.05, 4.69) is 11.6 Å². The maximum atomic E-state index is 12.4. The molecule has 2 aliphatic rings. The predicted octanol–water partition coefficient (Wildman–Crippen LogP) is 2.65. The van der Waals surface area contributed by atoms with Crippen LogP contribution in [-0.4, -0.2) is 29.6 Å². The third-order valence-corrected chi connectivity index (χ3v) is 3.43. The monoisotopic (exact) mass is 226 g/mol. The van der Waals surface area contributed by atoms with E-state index in [-0.39, 0.29) is 11.9 Å². The molecule has 3 nitrogen and oxygen atoms in total. The normalized spacial score (nSPS) is 22.0. The summed E-state index contributed by atoms with van der Waals surface area (Å²) in [4.78, 5) is 18.8. The molecule has 0 spiro atoms. The fourth-order valence-electron chi connectivity index (χ4n) is 2.49. The Kier molecular flexibility index (Phi) is 2.32. The van der Waals surface area contributed by atoms with Crippen LogP contribution in [0.15, 0.2) is 29.8 Å². The van der Waals surface area contributed by atoms with Gasteiger partial charge in [0.2, 0.25) is 0 Å². The molecule has 0 aromatic heterocycles. The highest BCUT2D eigenvalue weighted by molar-refractivity contribution is 6.03. The molecule has 1 aromatic rings. The lowest BCUT2D eigenvalue weighted by atomic mass is 10.1. The molecule has 2 heterocycles. The number of aliphatic imine (C=N–C) groups is 1. The first-order valence-electron chi connectivity index (χ1n) is 5.91. The van der Waals surface area contributed by atoms with Gasteiger partial charge in [0.1, 0.15) is 0 Å². The van der Waals surface area contributed by atoms with Crippen LogP contribution >= 0.6 is 0 Å². The van der Waals surface area contributed by atoms with Gasteiger partial charge in [-0.25, -0.2) is 0 Å². The Morgan fingerprint density at radius 1 is 1.47 bits per heavy atom. The van der Waals surface area contributed by atoms with Crippen molar-refractivity contribution in [2.45, 2.75) is 18.9 Å². The van der Waals surface area contributed by atoms with Gasteiger partial charge >= 0.3 is 0 Å². The molecule has 17 heavy (non-hydrogen) atoms. The summed E-state index contributed by atoms with van der Waals surface area (Å²) in [6.07, 6.45) is 5.75. The first-order valence-corrected chi connectivity index (χ1v) is 5.91. The van der Waals surface area contributed by atoms with Crippen molar-refractivity contribution in [2.24, 2.45) is 4.99 Å². The van der Waals surface area contributed by atoms with Crippen LogP contribution in [0.2, 0.25) is 0 Å². The number of amides is 1. The smallest absolute Gasteiger partial charge is 0.256 e. The van der Waals surface area contributed by atoms with Gasteiger partial charge in [0.25, 0.3) is 5.91 Å². The Bertz CT molecular complexity index is 519. The van der Waals surface area contributed by atoms with Crippen LogP contribution in [0.25, 0.3) is 6.08 Å². The second-order valence-corrected chi connectivity index (χ2v) is 4.47. The molecular formula is C14H14N2O. The van der Waals surface area contributed by atoms with Gasteiger partial charge in [0.05, 0.1) is 17.3 Å². The average Bonchev–Trinajstić information content (AvgIpc) is 2.79. The molecule has 2 aliphatic heterocycles. The van der Waals surface area contributed by atoms with Crippen molar-refractivity contribution >= 4 is 23.9 Å². The zero-order valence-corrected chi connectivity index (χ0v) is 9.60. The van der Waals surface area contributed by atoms with Crippen molar-refractivity contribution in [1.82, 2.24) is 4.90 Å². The molecule has 3 rings (SSSR count). The highest BCUT2D eigenvalue weighted by Gasteiger charge is 2.31. The first-order chi connectivity index (χ1) is 8.29. The van der Waals surface area contributed by atoms with Gasteiger partial charge in [0, 0.05) is 12.8 Å². The lowest BCUT2D eigenvalue weighted by Crippen LogP contribution is -2.35. The van der Waals surface area contributed by atoms with Crippen molar-refractivity contribution in [1.29, 1.82) is 0 Å². The van der Waals surface area contributed by atoms with Gasteiger partial charge in [0.15, 0.2) is 0 Å². The minimum absolute atomic E-state index is 0.101. The maximum Gasteiger partial charge on any atom is 0.256 e. The van der Waals surface area contributed by atoms with Crippen LogP contribution in [0.1, 0.15) is 28.8 Å². The highest BCUT2D eigenvalue weighted by atomic mass is 16.2. The molecule has 1 aromatic carbocycles. The molecule has 1 fully saturated rings. The lowest BCUT2D eigenvalue weighted by molar-refractivity contribution is 0.0775. The number of fused-ring (bicyclic) bond motifs is 2. The molecule has 3 heteroatoms. The number of hydrogen-bond acceptors (Lipinski definition) is 2. The van der Waals surface area contributed by atoms with E-state index in [0.29, 0.717) is 5.56 Å². The van der Waals surface area contributed by atoms with E-state index in [9.17, 15) is 4.79 Å². The van der Waals surface area contributed by atoms with E-state index >= 15 is 0 Å². The summed E-state index contributed by atoms with van der Waals surface area (Å²) in [5, 5.41) is 0. The Hall–Kier alpha value is -1.90. The minimum Gasteiger partial charge on any atom is -0.331 e. The van der Waals surface area contributed by atoms with Crippen molar-refractivity contribution in [3.05, 3.63) is 35.9 Å². The second-order valence-electron chi connectivity index (χ2n) is 4.47. The van der Waals surface area contributed by atoms with E-state index in [0.717, 1.165) is 30.6 Å². The van der Waals surface area contributed by atoms with Crippen molar-refractivity contribution < 1.29 is 4.79 Å². The molecule has 1 amide bonds. The fraction of sp³-hybridized carbons (Fsp3) is 0.286. The summed E-state index contributed by atoms with van der Waals surface area (Å²) >= 11 is 0. The van der Waals surface area contributed by atoms with Gasteiger partial charge in [-0.05, 0) is 30.5 Å². The zero-order valence-electron chi connectivity index (χ0n) is 9.60. The lowest BCUT2D eigenvalue weighted by Gasteiger charge is -2.19. The van der Waals surface area contributed by atoms with Crippen LogP contribution in [0.5, 0.6) is 0 Å². The summed E-state index contributed by atoms with van der Waals surface area (Å²) in [6.45, 7) is 4.57. The average molecular weight is 226 g/mol. The number of rotatable bonds is 1. The SMILES string of the molecule is C=Cc1ccc2c(c1)C(=O)N1CCC[C@H]1C=N2. The molecule has 86 valence electrons. The molecule has 1 atom stereocenters.